The molecule has 0 saturated carbocycles. The van der Waals surface area contributed by atoms with Crippen LogP contribution in [0, 0.1) is 0 Å². The molecule has 1 fully saturated rings. The lowest BCUT2D eigenvalue weighted by molar-refractivity contribution is 0.0696. The molecule has 18 rings (SSSR count). The highest BCUT2D eigenvalue weighted by Crippen LogP contribution is 2.78. The second kappa shape index (κ2) is 6.95. The quantitative estimate of drug-likeness (QED) is 0.179. The third-order valence-electron chi connectivity index (χ3n) is 16.7. The van der Waals surface area contributed by atoms with Gasteiger partial charge in [-0.05, 0) is 182 Å². The second-order valence-electron chi connectivity index (χ2n) is 18.0. The molecule has 0 radical (unpaired) electrons. The molecule has 4 aliphatic carbocycles. The van der Waals surface area contributed by atoms with Gasteiger partial charge in [0.2, 0.25) is 0 Å². The minimum atomic E-state index is -1.12. The fourth-order valence-corrected chi connectivity index (χ4v) is 15.7. The summed E-state index contributed by atoms with van der Waals surface area (Å²) in [5, 5.41) is 54.1. The van der Waals surface area contributed by atoms with Crippen LogP contribution in [0.25, 0.3) is 130 Å². The molecule has 0 amide bonds. The summed E-state index contributed by atoms with van der Waals surface area (Å²) in [6.45, 7) is 0.728. The van der Waals surface area contributed by atoms with Crippen molar-refractivity contribution in [1.82, 2.24) is 4.90 Å². The predicted octanol–water partition coefficient (Wildman–Crippen LogP) is 9.34. The van der Waals surface area contributed by atoms with Crippen molar-refractivity contribution >= 4 is 142 Å². The molecule has 254 valence electrons. The predicted molar refractivity (Wildman–Crippen MR) is 223 cm³/mol. The number of nitrogens with zero attached hydrogens (tertiary/aromatic N) is 1. The number of carboxylic acids is 2. The number of carboxylic acid groups (broad SMARTS) is 2. The molecule has 2 spiro atoms. The van der Waals surface area contributed by atoms with Crippen molar-refractivity contribution in [3.8, 4) is 0 Å². The van der Waals surface area contributed by atoms with Gasteiger partial charge in [-0.3, -0.25) is 4.90 Å². The topological polar surface area (TPSA) is 77.8 Å². The minimum absolute atomic E-state index is 0.0114. The summed E-state index contributed by atoms with van der Waals surface area (Å²) >= 11 is 0. The number of likely N-dealkylation sites (tertiary alicyclic amines) is 1. The van der Waals surface area contributed by atoms with E-state index in [9.17, 15) is 19.8 Å². The fraction of sp³-hybridized carbons (Fsp3) is 0.0980. The standard InChI is InChI=1S/C51H21NO4/c1-52-15-50-27-10-11-28-26-9-7-24-22-5-3-20-19-2-4-21-23-6-8-25(27)35-33(23)38-31(21)29(19)37-30(20)32(22)39-34(24)36(26)46(44-42(39)40(37)41(38)43(44)45(35)50)51(28,50)47(52)16-12-17(48(53)54)14-18(13-16)49(55)56/h2-14,47H,15H2,1H3,(H,53,54)(H,55,56). The van der Waals surface area contributed by atoms with E-state index in [1.807, 2.05) is 0 Å². The second-order valence-corrected chi connectivity index (χ2v) is 18.0. The minimum Gasteiger partial charge on any atom is -0.478 e. The van der Waals surface area contributed by atoms with Crippen LogP contribution in [-0.4, -0.2) is 40.6 Å². The molecule has 3 atom stereocenters. The molecule has 2 N–H and O–H groups in total. The van der Waals surface area contributed by atoms with Crippen LogP contribution in [0.3, 0.4) is 0 Å². The molecule has 5 nitrogen and oxygen atoms in total. The molecule has 13 aromatic carbocycles. The Labute approximate surface area is 312 Å². The van der Waals surface area contributed by atoms with Crippen LogP contribution in [0.5, 0.6) is 0 Å². The molecule has 5 heteroatoms. The summed E-state index contributed by atoms with van der Waals surface area (Å²) in [6.07, 6.45) is 4.83. The number of rotatable bonds is 3. The maximum absolute atomic E-state index is 12.8. The summed E-state index contributed by atoms with van der Waals surface area (Å²) in [4.78, 5) is 28.0. The van der Waals surface area contributed by atoms with Crippen molar-refractivity contribution in [3.63, 3.8) is 0 Å². The Morgan fingerprint density at radius 1 is 0.518 bits per heavy atom. The van der Waals surface area contributed by atoms with E-state index in [0.29, 0.717) is 0 Å². The van der Waals surface area contributed by atoms with Gasteiger partial charge in [0.15, 0.2) is 0 Å². The Kier molecular flexibility index (Phi) is 3.24. The fourth-order valence-electron chi connectivity index (χ4n) is 15.7. The van der Waals surface area contributed by atoms with Crippen molar-refractivity contribution in [3.05, 3.63) is 117 Å². The van der Waals surface area contributed by atoms with Crippen LogP contribution in [0.1, 0.15) is 43.4 Å². The van der Waals surface area contributed by atoms with E-state index < -0.39 is 22.8 Å². The van der Waals surface area contributed by atoms with Crippen LogP contribution < -0.4 is 10.4 Å². The normalized spacial score (nSPS) is 23.8. The largest absolute Gasteiger partial charge is 0.478 e. The van der Waals surface area contributed by atoms with E-state index in [1.165, 1.54) is 157 Å². The number of likely N-dealkylation sites (N-methyl/N-ethyl adjacent to an activating group) is 1. The zero-order valence-corrected chi connectivity index (χ0v) is 29.4. The van der Waals surface area contributed by atoms with E-state index in [1.54, 1.807) is 12.1 Å². The maximum atomic E-state index is 12.8. The van der Waals surface area contributed by atoms with Gasteiger partial charge in [0.1, 0.15) is 0 Å². The van der Waals surface area contributed by atoms with Crippen LogP contribution in [0.4, 0.5) is 0 Å². The lowest BCUT2D eigenvalue weighted by Crippen LogP contribution is -2.52. The SMILES string of the molecule is CN1CC23C4=c5ccc6c7ccc8c9ccc%10c%11ccc%12c%13c(c%14c%15c2c5c6c2c7c8c5c9c%10c(c%13%11)c%14c5c%152)C3(C=%12C=C4)C1c1cc(C(=O)O)cc(C(=O)O)c1. The molecule has 1 heterocycles. The van der Waals surface area contributed by atoms with Crippen LogP contribution >= 0.6 is 0 Å². The highest BCUT2D eigenvalue weighted by molar-refractivity contribution is 6.64. The first-order valence-corrected chi connectivity index (χ1v) is 19.6. The lowest BCUT2D eigenvalue weighted by atomic mass is 9.47. The van der Waals surface area contributed by atoms with E-state index in [2.05, 4.69) is 72.6 Å². The van der Waals surface area contributed by atoms with Crippen molar-refractivity contribution < 1.29 is 19.8 Å². The summed E-state index contributed by atoms with van der Waals surface area (Å²) in [6, 6.07) is 23.7. The van der Waals surface area contributed by atoms with Gasteiger partial charge >= 0.3 is 11.9 Å². The van der Waals surface area contributed by atoms with Gasteiger partial charge in [0.25, 0.3) is 0 Å². The monoisotopic (exact) mass is 711 g/mol. The number of fused-ring (bicyclic) bond motifs is 3. The first-order chi connectivity index (χ1) is 27.4. The molecular formula is C51H21NO4. The Balaban J connectivity index is 1.24. The van der Waals surface area contributed by atoms with Gasteiger partial charge in [0.05, 0.1) is 22.0 Å². The Bertz CT molecular complexity index is 4350. The highest BCUT2D eigenvalue weighted by atomic mass is 16.4. The van der Waals surface area contributed by atoms with E-state index in [0.717, 1.165) is 12.1 Å². The first kappa shape index (κ1) is 26.1. The van der Waals surface area contributed by atoms with Gasteiger partial charge in [-0.15, -0.1) is 0 Å². The van der Waals surface area contributed by atoms with E-state index in [4.69, 9.17) is 0 Å². The summed E-state index contributed by atoms with van der Waals surface area (Å²) in [5.41, 5.74) is 5.11. The number of hydrogen-bond acceptors (Lipinski definition) is 3. The van der Waals surface area contributed by atoms with E-state index >= 15 is 0 Å². The third-order valence-corrected chi connectivity index (χ3v) is 16.7. The average Bonchev–Trinajstić information content (AvgIpc) is 4.04. The smallest absolute Gasteiger partial charge is 0.335 e. The maximum Gasteiger partial charge on any atom is 0.335 e. The van der Waals surface area contributed by atoms with E-state index in [-0.39, 0.29) is 17.2 Å². The zero-order chi connectivity index (χ0) is 36.1. The third kappa shape index (κ3) is 1.90. The summed E-state index contributed by atoms with van der Waals surface area (Å²) in [5.74, 6) is -2.23. The van der Waals surface area contributed by atoms with Crippen LogP contribution in [-0.2, 0) is 10.8 Å². The Morgan fingerprint density at radius 3 is 1.46 bits per heavy atom. The van der Waals surface area contributed by atoms with Gasteiger partial charge in [-0.2, -0.15) is 0 Å². The van der Waals surface area contributed by atoms with Crippen LogP contribution in [0.2, 0.25) is 0 Å². The van der Waals surface area contributed by atoms with Crippen molar-refractivity contribution in [2.24, 2.45) is 0 Å². The number of benzene rings is 9. The van der Waals surface area contributed by atoms with Gasteiger partial charge in [-0.25, -0.2) is 9.59 Å². The number of hydrogen-bond donors (Lipinski definition) is 2. The number of carbonyl (C=O) groups is 2. The molecule has 5 aliphatic rings. The molecule has 13 aromatic rings. The van der Waals surface area contributed by atoms with Crippen molar-refractivity contribution in [1.29, 1.82) is 0 Å². The Morgan fingerprint density at radius 2 is 0.929 bits per heavy atom. The molecule has 1 saturated heterocycles. The highest BCUT2D eigenvalue weighted by Gasteiger charge is 2.73. The average molecular weight is 712 g/mol. The number of allylic oxidation sites excluding steroid dienone is 2. The zero-order valence-electron chi connectivity index (χ0n) is 29.4. The molecule has 0 bridgehead atoms. The van der Waals surface area contributed by atoms with Crippen molar-refractivity contribution in [2.45, 2.75) is 16.9 Å². The molecule has 1 aliphatic heterocycles. The first-order valence-electron chi connectivity index (χ1n) is 19.6. The van der Waals surface area contributed by atoms with Gasteiger partial charge < -0.3 is 10.2 Å². The van der Waals surface area contributed by atoms with Gasteiger partial charge in [0, 0.05) is 12.6 Å². The van der Waals surface area contributed by atoms with Gasteiger partial charge in [-0.1, -0.05) is 60.7 Å². The summed E-state index contributed by atoms with van der Waals surface area (Å²) in [7, 11) is 2.19. The van der Waals surface area contributed by atoms with Crippen LogP contribution in [0.15, 0.2) is 78.9 Å². The molecule has 3 unspecified atom stereocenters. The molecule has 0 aromatic heterocycles. The lowest BCUT2D eigenvalue weighted by Gasteiger charge is -2.52. The molecular weight excluding hydrogens is 691 g/mol. The summed E-state index contributed by atoms with van der Waals surface area (Å²) < 4.78 is 0. The Hall–Kier alpha value is -6.82. The number of aromatic carboxylic acids is 2. The molecule has 56 heavy (non-hydrogen) atoms. The van der Waals surface area contributed by atoms with Crippen molar-refractivity contribution in [2.75, 3.05) is 13.6 Å².